The lowest BCUT2D eigenvalue weighted by atomic mass is 10.1. The van der Waals surface area contributed by atoms with Gasteiger partial charge in [0, 0.05) is 31.2 Å². The molecule has 0 aliphatic rings. The molecule has 0 aliphatic carbocycles. The number of nitrogens with two attached hydrogens (primary N) is 1. The standard InChI is InChI=1S/C16H17N5O6S/c1-9(22)27-8-2-7-18-16(24)19-15-12(14(17)23)13(20-28-15)10-3-5-11(6-4-10)21(25)26/h3-6H,2,7-8H2,1H3,(H2,17,23)(H2,18,19,24). The molecule has 4 N–H and O–H groups in total. The molecule has 148 valence electrons. The molecule has 11 nitrogen and oxygen atoms in total. The van der Waals surface area contributed by atoms with Gasteiger partial charge in [-0.25, -0.2) is 4.79 Å². The van der Waals surface area contributed by atoms with Crippen molar-refractivity contribution in [2.45, 2.75) is 13.3 Å². The Labute approximate surface area is 163 Å². The molecule has 1 aromatic carbocycles. The lowest BCUT2D eigenvalue weighted by Gasteiger charge is -2.07. The summed E-state index contributed by atoms with van der Waals surface area (Å²) in [6.45, 7) is 1.71. The van der Waals surface area contributed by atoms with Gasteiger partial charge in [-0.2, -0.15) is 4.37 Å². The van der Waals surface area contributed by atoms with E-state index in [1.54, 1.807) is 0 Å². The van der Waals surface area contributed by atoms with E-state index >= 15 is 0 Å². The number of hydrogen-bond donors (Lipinski definition) is 3. The Kier molecular flexibility index (Phi) is 6.98. The van der Waals surface area contributed by atoms with Gasteiger partial charge in [0.1, 0.15) is 10.6 Å². The zero-order chi connectivity index (χ0) is 20.7. The van der Waals surface area contributed by atoms with Gasteiger partial charge in [-0.3, -0.25) is 25.0 Å². The molecule has 0 bridgehead atoms. The molecule has 1 heterocycles. The van der Waals surface area contributed by atoms with Gasteiger partial charge in [0.2, 0.25) is 0 Å². The van der Waals surface area contributed by atoms with Crippen molar-refractivity contribution in [3.8, 4) is 11.3 Å². The predicted octanol–water partition coefficient (Wildman–Crippen LogP) is 1.89. The van der Waals surface area contributed by atoms with Crippen molar-refractivity contribution >= 4 is 40.1 Å². The monoisotopic (exact) mass is 407 g/mol. The smallest absolute Gasteiger partial charge is 0.319 e. The molecule has 2 aromatic rings. The number of urea groups is 1. The highest BCUT2D eigenvalue weighted by atomic mass is 32.1. The number of ether oxygens (including phenoxy) is 1. The van der Waals surface area contributed by atoms with Crippen LogP contribution >= 0.6 is 11.5 Å². The number of benzene rings is 1. The van der Waals surface area contributed by atoms with Gasteiger partial charge in [0.25, 0.3) is 11.6 Å². The molecule has 2 rings (SSSR count). The summed E-state index contributed by atoms with van der Waals surface area (Å²) in [7, 11) is 0. The van der Waals surface area contributed by atoms with Crippen LogP contribution in [0.3, 0.4) is 0 Å². The van der Waals surface area contributed by atoms with Crippen LogP contribution in [0.5, 0.6) is 0 Å². The van der Waals surface area contributed by atoms with E-state index in [4.69, 9.17) is 10.5 Å². The van der Waals surface area contributed by atoms with E-state index in [0.717, 1.165) is 11.5 Å². The SMILES string of the molecule is CC(=O)OCCCNC(=O)Nc1snc(-c2ccc([N+](=O)[O-])cc2)c1C(N)=O. The lowest BCUT2D eigenvalue weighted by molar-refractivity contribution is -0.384. The van der Waals surface area contributed by atoms with Crippen LogP contribution in [0.25, 0.3) is 11.3 Å². The first-order valence-electron chi connectivity index (χ1n) is 8.02. The van der Waals surface area contributed by atoms with Crippen LogP contribution in [0, 0.1) is 10.1 Å². The highest BCUT2D eigenvalue weighted by molar-refractivity contribution is 7.11. The number of esters is 1. The van der Waals surface area contributed by atoms with Crippen LogP contribution in [0.2, 0.25) is 0 Å². The van der Waals surface area contributed by atoms with Crippen molar-refractivity contribution in [3.63, 3.8) is 0 Å². The predicted molar refractivity (Wildman–Crippen MR) is 101 cm³/mol. The largest absolute Gasteiger partial charge is 0.466 e. The van der Waals surface area contributed by atoms with E-state index in [1.165, 1.54) is 31.2 Å². The summed E-state index contributed by atoms with van der Waals surface area (Å²) in [5.74, 6) is -1.20. The number of nitro benzene ring substituents is 1. The summed E-state index contributed by atoms with van der Waals surface area (Å²) in [4.78, 5) is 44.7. The molecule has 0 spiro atoms. The first kappa shape index (κ1) is 20.8. The topological polar surface area (TPSA) is 167 Å². The number of nitro groups is 1. The number of hydrogen-bond acceptors (Lipinski definition) is 8. The van der Waals surface area contributed by atoms with Crippen molar-refractivity contribution in [2.75, 3.05) is 18.5 Å². The van der Waals surface area contributed by atoms with E-state index in [2.05, 4.69) is 15.0 Å². The van der Waals surface area contributed by atoms with Gasteiger partial charge < -0.3 is 15.8 Å². The van der Waals surface area contributed by atoms with Crippen LogP contribution in [-0.4, -0.2) is 40.4 Å². The Morgan fingerprint density at radius 1 is 1.29 bits per heavy atom. The van der Waals surface area contributed by atoms with E-state index < -0.39 is 22.8 Å². The molecule has 0 aliphatic heterocycles. The number of carbonyl (C=O) groups excluding carboxylic acids is 3. The zero-order valence-electron chi connectivity index (χ0n) is 14.8. The van der Waals surface area contributed by atoms with Crippen LogP contribution in [0.15, 0.2) is 24.3 Å². The maximum atomic E-state index is 12.0. The van der Waals surface area contributed by atoms with Crippen molar-refractivity contribution in [1.29, 1.82) is 0 Å². The molecule has 12 heteroatoms. The molecule has 0 saturated heterocycles. The third-order valence-electron chi connectivity index (χ3n) is 3.43. The molecule has 3 amide bonds. The minimum atomic E-state index is -0.799. The lowest BCUT2D eigenvalue weighted by Crippen LogP contribution is -2.30. The number of primary amides is 1. The summed E-state index contributed by atoms with van der Waals surface area (Å²) in [5, 5.41) is 16.0. The molecule has 0 unspecified atom stereocenters. The first-order chi connectivity index (χ1) is 13.3. The maximum absolute atomic E-state index is 12.0. The number of amides is 3. The van der Waals surface area contributed by atoms with E-state index in [9.17, 15) is 24.5 Å². The number of nitrogens with zero attached hydrogens (tertiary/aromatic N) is 2. The average molecular weight is 407 g/mol. The molecule has 0 radical (unpaired) electrons. The second kappa shape index (κ2) is 9.41. The van der Waals surface area contributed by atoms with Gasteiger partial charge in [-0.1, -0.05) is 0 Å². The van der Waals surface area contributed by atoms with Crippen molar-refractivity contribution in [3.05, 3.63) is 39.9 Å². The molecule has 0 atom stereocenters. The number of carbonyl (C=O) groups is 3. The minimum absolute atomic E-state index is 0.00826. The molecular formula is C16H17N5O6S. The van der Waals surface area contributed by atoms with E-state index in [1.807, 2.05) is 0 Å². The normalized spacial score (nSPS) is 10.2. The van der Waals surface area contributed by atoms with Crippen molar-refractivity contribution in [1.82, 2.24) is 9.69 Å². The summed E-state index contributed by atoms with van der Waals surface area (Å²) < 4.78 is 8.88. The molecule has 1 aromatic heterocycles. The number of aromatic nitrogens is 1. The van der Waals surface area contributed by atoms with E-state index in [-0.39, 0.29) is 35.1 Å². The Morgan fingerprint density at radius 3 is 2.54 bits per heavy atom. The van der Waals surface area contributed by atoms with Crippen LogP contribution in [0.1, 0.15) is 23.7 Å². The van der Waals surface area contributed by atoms with Crippen molar-refractivity contribution < 1.29 is 24.0 Å². The number of nitrogens with one attached hydrogen (secondary N) is 2. The highest BCUT2D eigenvalue weighted by Gasteiger charge is 2.22. The minimum Gasteiger partial charge on any atom is -0.466 e. The molecule has 0 fully saturated rings. The van der Waals surface area contributed by atoms with Gasteiger partial charge in [-0.15, -0.1) is 0 Å². The molecular weight excluding hydrogens is 390 g/mol. The first-order valence-corrected chi connectivity index (χ1v) is 8.79. The summed E-state index contributed by atoms with van der Waals surface area (Å²) in [6, 6.07) is 4.87. The molecule has 0 saturated carbocycles. The second-order valence-corrected chi connectivity index (χ2v) is 6.25. The fraction of sp³-hybridized carbons (Fsp3) is 0.250. The maximum Gasteiger partial charge on any atom is 0.319 e. The average Bonchev–Trinajstić information content (AvgIpc) is 3.05. The van der Waals surface area contributed by atoms with Gasteiger partial charge in [0.05, 0.1) is 17.2 Å². The van der Waals surface area contributed by atoms with Gasteiger partial charge in [-0.05, 0) is 30.1 Å². The van der Waals surface area contributed by atoms with Crippen molar-refractivity contribution in [2.24, 2.45) is 5.73 Å². The Morgan fingerprint density at radius 2 is 1.96 bits per heavy atom. The summed E-state index contributed by atoms with van der Waals surface area (Å²) >= 11 is 0.860. The molecule has 28 heavy (non-hydrogen) atoms. The fourth-order valence-corrected chi connectivity index (χ4v) is 2.99. The summed E-state index contributed by atoms with van der Waals surface area (Å²) in [5.41, 5.74) is 5.99. The Hall–Kier alpha value is -3.54. The highest BCUT2D eigenvalue weighted by Crippen LogP contribution is 2.32. The summed E-state index contributed by atoms with van der Waals surface area (Å²) in [6.07, 6.45) is 0.423. The van der Waals surface area contributed by atoms with Crippen LogP contribution in [-0.2, 0) is 9.53 Å². The third-order valence-corrected chi connectivity index (χ3v) is 4.19. The van der Waals surface area contributed by atoms with Crippen LogP contribution in [0.4, 0.5) is 15.5 Å². The number of rotatable bonds is 8. The number of non-ortho nitro benzene ring substituents is 1. The van der Waals surface area contributed by atoms with Gasteiger partial charge in [0.15, 0.2) is 0 Å². The van der Waals surface area contributed by atoms with Crippen LogP contribution < -0.4 is 16.4 Å². The van der Waals surface area contributed by atoms with E-state index in [0.29, 0.717) is 12.0 Å². The third kappa shape index (κ3) is 5.48. The Bertz CT molecular complexity index is 895. The quantitative estimate of drug-likeness (QED) is 0.260. The fourth-order valence-electron chi connectivity index (χ4n) is 2.18. The zero-order valence-corrected chi connectivity index (χ0v) is 15.6. The number of anilines is 1. The Balaban J connectivity index is 2.07. The van der Waals surface area contributed by atoms with Gasteiger partial charge >= 0.3 is 12.0 Å². The second-order valence-electron chi connectivity index (χ2n) is 5.48.